The first-order valence-electron chi connectivity index (χ1n) is 6.46. The molecule has 1 N–H and O–H groups in total. The van der Waals surface area contributed by atoms with E-state index in [1.165, 1.54) is 12.1 Å². The first-order chi connectivity index (χ1) is 9.47. The van der Waals surface area contributed by atoms with Gasteiger partial charge in [-0.1, -0.05) is 23.7 Å². The van der Waals surface area contributed by atoms with Crippen molar-refractivity contribution >= 4 is 17.6 Å². The summed E-state index contributed by atoms with van der Waals surface area (Å²) in [5.74, 6) is -1.10. The molecule has 0 heterocycles. The highest BCUT2D eigenvalue weighted by Gasteiger charge is 2.25. The molecule has 1 aromatic rings. The summed E-state index contributed by atoms with van der Waals surface area (Å²) in [6, 6.07) is 3.74. The highest BCUT2D eigenvalue weighted by atomic mass is 35.5. The molecule has 0 bridgehead atoms. The third-order valence-electron chi connectivity index (χ3n) is 2.72. The van der Waals surface area contributed by atoms with Gasteiger partial charge in [-0.25, -0.2) is 9.18 Å². The Morgan fingerprint density at radius 3 is 2.80 bits per heavy atom. The number of hydrogen-bond donors (Lipinski definition) is 1. The summed E-state index contributed by atoms with van der Waals surface area (Å²) in [6.07, 6.45) is 0. The minimum Gasteiger partial charge on any atom is -0.465 e. The monoisotopic (exact) mass is 302 g/mol. The Labute approximate surface area is 123 Å². The van der Waals surface area contributed by atoms with Crippen LogP contribution >= 0.6 is 11.6 Å². The number of nitrogens with one attached hydrogen (secondary N) is 1. The van der Waals surface area contributed by atoms with Crippen molar-refractivity contribution in [2.45, 2.75) is 13.0 Å². The van der Waals surface area contributed by atoms with Crippen LogP contribution in [0.15, 0.2) is 18.2 Å². The molecule has 1 aromatic carbocycles. The number of ether oxygens (including phenoxy) is 1. The number of rotatable bonds is 7. The molecule has 0 radical (unpaired) electrons. The highest BCUT2D eigenvalue weighted by molar-refractivity contribution is 6.30. The van der Waals surface area contributed by atoms with E-state index in [-0.39, 0.29) is 17.2 Å². The van der Waals surface area contributed by atoms with Crippen LogP contribution in [0.2, 0.25) is 5.02 Å². The molecule has 0 amide bonds. The Kier molecular flexibility index (Phi) is 6.91. The van der Waals surface area contributed by atoms with Crippen molar-refractivity contribution in [1.29, 1.82) is 0 Å². The van der Waals surface area contributed by atoms with E-state index < -0.39 is 17.8 Å². The van der Waals surface area contributed by atoms with E-state index in [1.807, 2.05) is 19.0 Å². The largest absolute Gasteiger partial charge is 0.465 e. The predicted molar refractivity (Wildman–Crippen MR) is 77.3 cm³/mol. The number of likely N-dealkylation sites (N-methyl/N-ethyl adjacent to an activating group) is 1. The normalized spacial score (nSPS) is 12.5. The molecule has 0 aliphatic heterocycles. The summed E-state index contributed by atoms with van der Waals surface area (Å²) in [7, 11) is 3.84. The molecule has 0 fully saturated rings. The smallest absolute Gasteiger partial charge is 0.327 e. The van der Waals surface area contributed by atoms with E-state index in [4.69, 9.17) is 16.3 Å². The molecular weight excluding hydrogens is 283 g/mol. The fourth-order valence-corrected chi connectivity index (χ4v) is 1.90. The Morgan fingerprint density at radius 1 is 1.50 bits per heavy atom. The third kappa shape index (κ3) is 4.74. The molecule has 20 heavy (non-hydrogen) atoms. The van der Waals surface area contributed by atoms with Gasteiger partial charge in [0.1, 0.15) is 11.9 Å². The Balaban J connectivity index is 2.91. The van der Waals surface area contributed by atoms with Crippen molar-refractivity contribution in [3.05, 3.63) is 34.6 Å². The molecule has 1 rings (SSSR count). The predicted octanol–water partition coefficient (Wildman–Crippen LogP) is 2.23. The van der Waals surface area contributed by atoms with Crippen LogP contribution < -0.4 is 5.32 Å². The summed E-state index contributed by atoms with van der Waals surface area (Å²) < 4.78 is 19.0. The SMILES string of the molecule is CCOC(=O)C(NCCN(C)C)c1cccc(Cl)c1F. The van der Waals surface area contributed by atoms with E-state index in [2.05, 4.69) is 5.32 Å². The minimum atomic E-state index is -0.853. The van der Waals surface area contributed by atoms with Gasteiger partial charge in [-0.05, 0) is 27.1 Å². The van der Waals surface area contributed by atoms with Gasteiger partial charge in [0, 0.05) is 18.7 Å². The maximum Gasteiger partial charge on any atom is 0.327 e. The lowest BCUT2D eigenvalue weighted by molar-refractivity contribution is -0.146. The summed E-state index contributed by atoms with van der Waals surface area (Å²) in [5, 5.41) is 3.00. The fourth-order valence-electron chi connectivity index (χ4n) is 1.72. The molecule has 1 unspecified atom stereocenters. The average molecular weight is 303 g/mol. The van der Waals surface area contributed by atoms with Crippen molar-refractivity contribution in [3.8, 4) is 0 Å². The van der Waals surface area contributed by atoms with Gasteiger partial charge >= 0.3 is 5.97 Å². The third-order valence-corrected chi connectivity index (χ3v) is 3.01. The number of halogens is 2. The maximum absolute atomic E-state index is 14.0. The van der Waals surface area contributed by atoms with Crippen molar-refractivity contribution in [2.24, 2.45) is 0 Å². The van der Waals surface area contributed by atoms with Gasteiger partial charge in [0.25, 0.3) is 0 Å². The molecule has 0 aromatic heterocycles. The van der Waals surface area contributed by atoms with Gasteiger partial charge in [0.15, 0.2) is 0 Å². The number of esters is 1. The zero-order valence-corrected chi connectivity index (χ0v) is 12.7. The number of nitrogens with zero attached hydrogens (tertiary/aromatic N) is 1. The van der Waals surface area contributed by atoms with Crippen LogP contribution in [0.1, 0.15) is 18.5 Å². The average Bonchev–Trinajstić information content (AvgIpc) is 2.38. The van der Waals surface area contributed by atoms with Crippen LogP contribution in [0.4, 0.5) is 4.39 Å². The molecule has 0 saturated carbocycles. The second-order valence-corrected chi connectivity index (χ2v) is 4.99. The van der Waals surface area contributed by atoms with Crippen LogP contribution in [-0.2, 0) is 9.53 Å². The zero-order valence-electron chi connectivity index (χ0n) is 12.0. The van der Waals surface area contributed by atoms with Crippen molar-refractivity contribution in [1.82, 2.24) is 10.2 Å². The van der Waals surface area contributed by atoms with Crippen LogP contribution in [0.25, 0.3) is 0 Å². The van der Waals surface area contributed by atoms with E-state index in [9.17, 15) is 9.18 Å². The summed E-state index contributed by atoms with van der Waals surface area (Å²) in [5.41, 5.74) is 0.203. The zero-order chi connectivity index (χ0) is 15.1. The van der Waals surface area contributed by atoms with Crippen LogP contribution in [0.5, 0.6) is 0 Å². The topological polar surface area (TPSA) is 41.6 Å². The molecule has 4 nitrogen and oxygen atoms in total. The standard InChI is InChI=1S/C14H20ClFN2O2/c1-4-20-14(19)13(17-8-9-18(2)3)10-6-5-7-11(15)12(10)16/h5-7,13,17H,4,8-9H2,1-3H3. The van der Waals surface area contributed by atoms with Gasteiger partial charge in [-0.15, -0.1) is 0 Å². The summed E-state index contributed by atoms with van der Waals surface area (Å²) >= 11 is 5.76. The number of hydrogen-bond acceptors (Lipinski definition) is 4. The molecule has 0 aliphatic rings. The van der Waals surface area contributed by atoms with Crippen LogP contribution in [0.3, 0.4) is 0 Å². The molecule has 6 heteroatoms. The van der Waals surface area contributed by atoms with E-state index >= 15 is 0 Å². The number of carbonyl (C=O) groups is 1. The number of carbonyl (C=O) groups excluding carboxylic acids is 1. The van der Waals surface area contributed by atoms with Crippen molar-refractivity contribution in [2.75, 3.05) is 33.8 Å². The molecule has 0 aliphatic carbocycles. The highest BCUT2D eigenvalue weighted by Crippen LogP contribution is 2.24. The van der Waals surface area contributed by atoms with E-state index in [1.54, 1.807) is 13.0 Å². The maximum atomic E-state index is 14.0. The number of benzene rings is 1. The summed E-state index contributed by atoms with van der Waals surface area (Å²) in [6.45, 7) is 3.20. The van der Waals surface area contributed by atoms with Gasteiger partial charge < -0.3 is 9.64 Å². The molecule has 1 atom stereocenters. The Bertz CT molecular complexity index is 455. The van der Waals surface area contributed by atoms with Gasteiger partial charge in [0.2, 0.25) is 0 Å². The van der Waals surface area contributed by atoms with Gasteiger partial charge in [-0.2, -0.15) is 0 Å². The Morgan fingerprint density at radius 2 is 2.20 bits per heavy atom. The van der Waals surface area contributed by atoms with Crippen molar-refractivity contribution in [3.63, 3.8) is 0 Å². The quantitative estimate of drug-likeness (QED) is 0.784. The minimum absolute atomic E-state index is 0.00814. The van der Waals surface area contributed by atoms with Crippen LogP contribution in [-0.4, -0.2) is 44.7 Å². The van der Waals surface area contributed by atoms with E-state index in [0.717, 1.165) is 6.54 Å². The lowest BCUT2D eigenvalue weighted by atomic mass is 10.1. The molecular formula is C14H20ClFN2O2. The van der Waals surface area contributed by atoms with Crippen molar-refractivity contribution < 1.29 is 13.9 Å². The second-order valence-electron chi connectivity index (χ2n) is 4.59. The molecule has 0 spiro atoms. The first kappa shape index (κ1) is 16.9. The lowest BCUT2D eigenvalue weighted by Crippen LogP contribution is -2.35. The molecule has 112 valence electrons. The van der Waals surface area contributed by atoms with Gasteiger partial charge in [0.05, 0.1) is 11.6 Å². The second kappa shape index (κ2) is 8.19. The Hall–Kier alpha value is -1.17. The first-order valence-corrected chi connectivity index (χ1v) is 6.83. The lowest BCUT2D eigenvalue weighted by Gasteiger charge is -2.20. The van der Waals surface area contributed by atoms with Crippen LogP contribution in [0, 0.1) is 5.82 Å². The molecule has 0 saturated heterocycles. The van der Waals surface area contributed by atoms with Gasteiger partial charge in [-0.3, -0.25) is 5.32 Å². The van der Waals surface area contributed by atoms with E-state index in [0.29, 0.717) is 6.54 Å². The fraction of sp³-hybridized carbons (Fsp3) is 0.500. The summed E-state index contributed by atoms with van der Waals surface area (Å²) in [4.78, 5) is 13.9.